The number of benzene rings is 1. The highest BCUT2D eigenvalue weighted by Gasteiger charge is 2.42. The van der Waals surface area contributed by atoms with E-state index in [4.69, 9.17) is 4.74 Å². The topological polar surface area (TPSA) is 83.0 Å². The average Bonchev–Trinajstić information content (AvgIpc) is 3.17. The SMILES string of the molecule is CN=C(NCc1cccc(NS(C)(=O)=O)c1)N1CCC2(CCOC2)C1.I. The highest BCUT2D eigenvalue weighted by molar-refractivity contribution is 14.0. The molecule has 26 heavy (non-hydrogen) atoms. The van der Waals surface area contributed by atoms with Gasteiger partial charge in [0.1, 0.15) is 0 Å². The van der Waals surface area contributed by atoms with Crippen LogP contribution in [0.1, 0.15) is 18.4 Å². The molecule has 0 aromatic heterocycles. The highest BCUT2D eigenvalue weighted by atomic mass is 127. The highest BCUT2D eigenvalue weighted by Crippen LogP contribution is 2.38. The van der Waals surface area contributed by atoms with Gasteiger partial charge in [-0.25, -0.2) is 8.42 Å². The van der Waals surface area contributed by atoms with E-state index in [-0.39, 0.29) is 29.4 Å². The van der Waals surface area contributed by atoms with E-state index in [1.54, 1.807) is 13.1 Å². The number of anilines is 1. The Kier molecular flexibility index (Phi) is 7.14. The van der Waals surface area contributed by atoms with E-state index in [2.05, 4.69) is 19.9 Å². The van der Waals surface area contributed by atoms with E-state index < -0.39 is 10.0 Å². The molecule has 2 aliphatic heterocycles. The molecule has 2 heterocycles. The molecular weight excluding hydrogens is 467 g/mol. The standard InChI is InChI=1S/C17H26N4O3S.HI/c1-18-16(21-8-6-17(12-21)7-9-24-13-17)19-11-14-4-3-5-15(10-14)20-25(2,22)23;/h3-5,10,20H,6-9,11-13H2,1-2H3,(H,18,19);1H. The van der Waals surface area contributed by atoms with Crippen LogP contribution in [-0.4, -0.2) is 58.9 Å². The van der Waals surface area contributed by atoms with Crippen molar-refractivity contribution in [1.29, 1.82) is 0 Å². The third-order valence-electron chi connectivity index (χ3n) is 4.82. The van der Waals surface area contributed by atoms with E-state index in [1.165, 1.54) is 0 Å². The molecule has 1 atom stereocenters. The Hall–Kier alpha value is -1.07. The van der Waals surface area contributed by atoms with Crippen LogP contribution in [0.2, 0.25) is 0 Å². The second-order valence-corrected chi connectivity index (χ2v) is 8.70. The van der Waals surface area contributed by atoms with Gasteiger partial charge in [0, 0.05) is 44.4 Å². The Labute approximate surface area is 172 Å². The van der Waals surface area contributed by atoms with Crippen LogP contribution >= 0.6 is 24.0 Å². The number of halogens is 1. The molecule has 1 aromatic carbocycles. The van der Waals surface area contributed by atoms with Gasteiger partial charge >= 0.3 is 0 Å². The number of guanidine groups is 1. The van der Waals surface area contributed by atoms with Gasteiger partial charge in [-0.3, -0.25) is 9.71 Å². The van der Waals surface area contributed by atoms with E-state index in [0.717, 1.165) is 56.9 Å². The fourth-order valence-corrected chi connectivity index (χ4v) is 4.11. The minimum atomic E-state index is -3.27. The molecule has 2 aliphatic rings. The number of sulfonamides is 1. The minimum absolute atomic E-state index is 0. The fraction of sp³-hybridized carbons (Fsp3) is 0.588. The molecule has 0 radical (unpaired) electrons. The Morgan fingerprint density at radius 2 is 2.19 bits per heavy atom. The van der Waals surface area contributed by atoms with Crippen molar-refractivity contribution in [3.05, 3.63) is 29.8 Å². The number of aliphatic imine (C=N–C) groups is 1. The molecule has 146 valence electrons. The molecule has 1 unspecified atom stereocenters. The van der Waals surface area contributed by atoms with Gasteiger partial charge in [-0.2, -0.15) is 0 Å². The zero-order valence-corrected chi connectivity index (χ0v) is 18.3. The molecule has 0 saturated carbocycles. The van der Waals surface area contributed by atoms with Crippen molar-refractivity contribution >= 4 is 45.6 Å². The lowest BCUT2D eigenvalue weighted by atomic mass is 9.87. The number of ether oxygens (including phenoxy) is 1. The Bertz CT molecular complexity index is 748. The smallest absolute Gasteiger partial charge is 0.229 e. The zero-order chi connectivity index (χ0) is 17.9. The molecule has 9 heteroatoms. The Morgan fingerprint density at radius 1 is 1.38 bits per heavy atom. The lowest BCUT2D eigenvalue weighted by Gasteiger charge is -2.25. The van der Waals surface area contributed by atoms with Gasteiger partial charge in [-0.15, -0.1) is 24.0 Å². The summed E-state index contributed by atoms with van der Waals surface area (Å²) in [7, 11) is -1.48. The van der Waals surface area contributed by atoms with E-state index in [1.807, 2.05) is 18.2 Å². The summed E-state index contributed by atoms with van der Waals surface area (Å²) in [6.07, 6.45) is 3.41. The predicted octanol–water partition coefficient (Wildman–Crippen LogP) is 1.86. The summed E-state index contributed by atoms with van der Waals surface area (Å²) in [5.74, 6) is 0.880. The molecule has 2 fully saturated rings. The van der Waals surface area contributed by atoms with Gasteiger partial charge in [-0.1, -0.05) is 12.1 Å². The van der Waals surface area contributed by atoms with Crippen molar-refractivity contribution < 1.29 is 13.2 Å². The lowest BCUT2D eigenvalue weighted by molar-refractivity contribution is 0.156. The third kappa shape index (κ3) is 5.46. The van der Waals surface area contributed by atoms with E-state index in [0.29, 0.717) is 12.2 Å². The maximum atomic E-state index is 11.4. The van der Waals surface area contributed by atoms with Crippen molar-refractivity contribution in [1.82, 2.24) is 10.2 Å². The van der Waals surface area contributed by atoms with E-state index >= 15 is 0 Å². The number of likely N-dealkylation sites (tertiary alicyclic amines) is 1. The molecule has 1 aromatic rings. The maximum absolute atomic E-state index is 11.4. The average molecular weight is 494 g/mol. The first-order chi connectivity index (χ1) is 11.9. The molecule has 3 rings (SSSR count). The molecule has 0 aliphatic carbocycles. The summed E-state index contributed by atoms with van der Waals surface area (Å²) < 4.78 is 30.8. The van der Waals surface area contributed by atoms with Crippen molar-refractivity contribution in [3.8, 4) is 0 Å². The maximum Gasteiger partial charge on any atom is 0.229 e. The van der Waals surface area contributed by atoms with Gasteiger partial charge in [-0.05, 0) is 30.5 Å². The molecule has 1 spiro atoms. The first kappa shape index (κ1) is 21.2. The second kappa shape index (κ2) is 8.75. The van der Waals surface area contributed by atoms with Crippen molar-refractivity contribution in [2.45, 2.75) is 19.4 Å². The number of hydrogen-bond acceptors (Lipinski definition) is 4. The quantitative estimate of drug-likeness (QED) is 0.380. The molecule has 7 nitrogen and oxygen atoms in total. The molecule has 2 saturated heterocycles. The third-order valence-corrected chi connectivity index (χ3v) is 5.42. The van der Waals surface area contributed by atoms with Crippen molar-refractivity contribution in [2.75, 3.05) is 44.3 Å². The number of hydrogen-bond donors (Lipinski definition) is 2. The number of nitrogens with one attached hydrogen (secondary N) is 2. The van der Waals surface area contributed by atoms with Gasteiger partial charge in [0.15, 0.2) is 5.96 Å². The van der Waals surface area contributed by atoms with Crippen LogP contribution in [0.3, 0.4) is 0 Å². The normalized spacial score (nSPS) is 23.2. The lowest BCUT2D eigenvalue weighted by Crippen LogP contribution is -2.41. The van der Waals surface area contributed by atoms with Gasteiger partial charge in [0.25, 0.3) is 0 Å². The summed E-state index contributed by atoms with van der Waals surface area (Å²) in [5, 5.41) is 3.38. The molecule has 0 bridgehead atoms. The summed E-state index contributed by atoms with van der Waals surface area (Å²) in [5.41, 5.74) is 1.85. The van der Waals surface area contributed by atoms with Gasteiger partial charge < -0.3 is 15.0 Å². The largest absolute Gasteiger partial charge is 0.381 e. The van der Waals surface area contributed by atoms with Crippen molar-refractivity contribution in [3.63, 3.8) is 0 Å². The van der Waals surface area contributed by atoms with Gasteiger partial charge in [0.05, 0.1) is 12.9 Å². The summed E-state index contributed by atoms with van der Waals surface area (Å²) in [6, 6.07) is 7.37. The first-order valence-corrected chi connectivity index (χ1v) is 10.4. The second-order valence-electron chi connectivity index (χ2n) is 6.95. The van der Waals surface area contributed by atoms with Crippen LogP contribution in [0.4, 0.5) is 5.69 Å². The molecule has 0 amide bonds. The van der Waals surface area contributed by atoms with Crippen LogP contribution in [-0.2, 0) is 21.3 Å². The fourth-order valence-electron chi connectivity index (χ4n) is 3.56. The monoisotopic (exact) mass is 494 g/mol. The minimum Gasteiger partial charge on any atom is -0.381 e. The zero-order valence-electron chi connectivity index (χ0n) is 15.2. The van der Waals surface area contributed by atoms with Gasteiger partial charge in [0.2, 0.25) is 10.0 Å². The molecule has 2 N–H and O–H groups in total. The Morgan fingerprint density at radius 3 is 2.85 bits per heavy atom. The number of nitrogens with zero attached hydrogens (tertiary/aromatic N) is 2. The molecular formula is C17H27IN4O3S. The van der Waals surface area contributed by atoms with Crippen LogP contribution in [0.25, 0.3) is 0 Å². The van der Waals surface area contributed by atoms with Crippen LogP contribution in [0, 0.1) is 5.41 Å². The van der Waals surface area contributed by atoms with Crippen LogP contribution in [0.5, 0.6) is 0 Å². The van der Waals surface area contributed by atoms with Crippen LogP contribution in [0.15, 0.2) is 29.3 Å². The van der Waals surface area contributed by atoms with Crippen LogP contribution < -0.4 is 10.0 Å². The number of rotatable bonds is 4. The first-order valence-electron chi connectivity index (χ1n) is 8.49. The summed E-state index contributed by atoms with van der Waals surface area (Å²) >= 11 is 0. The Balaban J connectivity index is 0.00000243. The summed E-state index contributed by atoms with van der Waals surface area (Å²) in [6.45, 7) is 4.26. The van der Waals surface area contributed by atoms with Crippen molar-refractivity contribution in [2.24, 2.45) is 10.4 Å². The predicted molar refractivity (Wildman–Crippen MR) is 115 cm³/mol. The van der Waals surface area contributed by atoms with E-state index in [9.17, 15) is 8.42 Å². The summed E-state index contributed by atoms with van der Waals surface area (Å²) in [4.78, 5) is 6.69.